The Hall–Kier alpha value is -2.71. The van der Waals surface area contributed by atoms with E-state index < -0.39 is 22.1 Å². The van der Waals surface area contributed by atoms with Crippen molar-refractivity contribution in [2.45, 2.75) is 23.8 Å². The summed E-state index contributed by atoms with van der Waals surface area (Å²) in [5.74, 6) is -1.01. The van der Waals surface area contributed by atoms with Gasteiger partial charge in [0, 0.05) is 32.7 Å². The van der Waals surface area contributed by atoms with E-state index in [0.717, 1.165) is 17.1 Å². The van der Waals surface area contributed by atoms with E-state index in [-0.39, 0.29) is 16.4 Å². The van der Waals surface area contributed by atoms with E-state index in [4.69, 9.17) is 4.74 Å². The van der Waals surface area contributed by atoms with Crippen LogP contribution in [0.3, 0.4) is 0 Å². The average Bonchev–Trinajstić information content (AvgIpc) is 3.27. The Labute approximate surface area is 170 Å². The zero-order chi connectivity index (χ0) is 21.0. The van der Waals surface area contributed by atoms with Gasteiger partial charge < -0.3 is 9.64 Å². The van der Waals surface area contributed by atoms with E-state index in [1.807, 2.05) is 6.07 Å². The highest BCUT2D eigenvalue weighted by molar-refractivity contribution is 7.89. The summed E-state index contributed by atoms with van der Waals surface area (Å²) in [4.78, 5) is 27.4. The highest BCUT2D eigenvalue weighted by atomic mass is 32.2. The highest BCUT2D eigenvalue weighted by Gasteiger charge is 2.31. The first-order valence-corrected chi connectivity index (χ1v) is 10.8. The predicted octanol–water partition coefficient (Wildman–Crippen LogP) is 2.46. The van der Waals surface area contributed by atoms with Gasteiger partial charge in [-0.2, -0.15) is 0 Å². The van der Waals surface area contributed by atoms with Crippen LogP contribution in [0.4, 0.5) is 0 Å². The lowest BCUT2D eigenvalue weighted by molar-refractivity contribution is -0.140. The van der Waals surface area contributed by atoms with Crippen molar-refractivity contribution < 1.29 is 22.7 Å². The third kappa shape index (κ3) is 4.65. The molecule has 0 bridgehead atoms. The number of hydrogen-bond donors (Lipinski definition) is 0. The van der Waals surface area contributed by atoms with Crippen molar-refractivity contribution >= 4 is 21.9 Å². The molecule has 0 aromatic heterocycles. The third-order valence-corrected chi connectivity index (χ3v) is 6.63. The first-order chi connectivity index (χ1) is 13.8. The van der Waals surface area contributed by atoms with Gasteiger partial charge in [-0.3, -0.25) is 4.79 Å². The molecule has 1 atom stereocenters. The fraction of sp³-hybridized carbons (Fsp3) is 0.333. The second-order valence-electron chi connectivity index (χ2n) is 7.04. The van der Waals surface area contributed by atoms with Crippen molar-refractivity contribution in [1.82, 2.24) is 9.21 Å². The summed E-state index contributed by atoms with van der Waals surface area (Å²) in [6.07, 6.45) is 0.771. The average molecular weight is 416 g/mol. The van der Waals surface area contributed by atoms with Crippen LogP contribution in [0, 0.1) is 0 Å². The lowest BCUT2D eigenvalue weighted by Crippen LogP contribution is -2.34. The molecule has 3 rings (SSSR count). The molecule has 0 N–H and O–H groups in total. The van der Waals surface area contributed by atoms with Gasteiger partial charge in [0.2, 0.25) is 16.1 Å². The SMILES string of the molecule is CN(C)S(=O)(=O)c1cccc(C(=O)O[C@H](C(=O)N2CCCC2)c2ccccc2)c1. The second kappa shape index (κ2) is 8.75. The third-order valence-electron chi connectivity index (χ3n) is 4.82. The fourth-order valence-electron chi connectivity index (χ4n) is 3.16. The summed E-state index contributed by atoms with van der Waals surface area (Å²) in [6.45, 7) is 1.27. The Morgan fingerprint density at radius 3 is 2.28 bits per heavy atom. The number of sulfonamides is 1. The predicted molar refractivity (Wildman–Crippen MR) is 108 cm³/mol. The van der Waals surface area contributed by atoms with Crippen molar-refractivity contribution in [3.63, 3.8) is 0 Å². The molecule has 0 aliphatic carbocycles. The molecular weight excluding hydrogens is 392 g/mol. The van der Waals surface area contributed by atoms with Crippen molar-refractivity contribution in [3.8, 4) is 0 Å². The minimum atomic E-state index is -3.69. The van der Waals surface area contributed by atoms with Crippen LogP contribution in [0.25, 0.3) is 0 Å². The number of ether oxygens (including phenoxy) is 1. The molecule has 29 heavy (non-hydrogen) atoms. The molecule has 0 saturated carbocycles. The van der Waals surface area contributed by atoms with Gasteiger partial charge in [-0.05, 0) is 31.0 Å². The monoisotopic (exact) mass is 416 g/mol. The molecule has 1 heterocycles. The molecule has 0 unspecified atom stereocenters. The second-order valence-corrected chi connectivity index (χ2v) is 9.20. The fourth-order valence-corrected chi connectivity index (χ4v) is 4.11. The zero-order valence-electron chi connectivity index (χ0n) is 16.4. The molecule has 1 amide bonds. The first-order valence-electron chi connectivity index (χ1n) is 9.38. The zero-order valence-corrected chi connectivity index (χ0v) is 17.3. The summed E-state index contributed by atoms with van der Waals surface area (Å²) < 4.78 is 31.3. The standard InChI is InChI=1S/C21H24N2O5S/c1-22(2)29(26,27)18-12-8-11-17(15-18)21(25)28-19(16-9-4-3-5-10-16)20(24)23-13-6-7-14-23/h3-5,8-12,15,19H,6-7,13-14H2,1-2H3/t19-/m0/s1. The molecule has 1 fully saturated rings. The normalized spacial score (nSPS) is 15.3. The molecule has 8 heteroatoms. The van der Waals surface area contributed by atoms with Gasteiger partial charge in [0.05, 0.1) is 10.5 Å². The Morgan fingerprint density at radius 2 is 1.66 bits per heavy atom. The molecule has 1 aliphatic heterocycles. The van der Waals surface area contributed by atoms with E-state index in [1.165, 1.54) is 38.4 Å². The molecule has 1 aliphatic rings. The number of carbonyl (C=O) groups excluding carboxylic acids is 2. The Kier molecular flexibility index (Phi) is 6.34. The molecular formula is C21H24N2O5S. The summed E-state index contributed by atoms with van der Waals surface area (Å²) in [5, 5.41) is 0. The van der Waals surface area contributed by atoms with Crippen LogP contribution >= 0.6 is 0 Å². The molecule has 2 aromatic carbocycles. The maximum atomic E-state index is 13.0. The van der Waals surface area contributed by atoms with Crippen LogP contribution in [0.5, 0.6) is 0 Å². The van der Waals surface area contributed by atoms with Gasteiger partial charge in [-0.25, -0.2) is 17.5 Å². The van der Waals surface area contributed by atoms with Gasteiger partial charge in [0.15, 0.2) is 0 Å². The molecule has 0 spiro atoms. The Morgan fingerprint density at radius 1 is 1.00 bits per heavy atom. The summed E-state index contributed by atoms with van der Waals surface area (Å²) in [5.41, 5.74) is 0.651. The van der Waals surface area contributed by atoms with Crippen molar-refractivity contribution in [2.24, 2.45) is 0 Å². The lowest BCUT2D eigenvalue weighted by Gasteiger charge is -2.23. The number of hydrogen-bond acceptors (Lipinski definition) is 5. The summed E-state index contributed by atoms with van der Waals surface area (Å²) in [7, 11) is -0.858. The quantitative estimate of drug-likeness (QED) is 0.676. The van der Waals surface area contributed by atoms with Gasteiger partial charge in [-0.1, -0.05) is 36.4 Å². The van der Waals surface area contributed by atoms with Crippen molar-refractivity contribution in [3.05, 3.63) is 65.7 Å². The minimum absolute atomic E-state index is 0.0147. The largest absolute Gasteiger partial charge is 0.444 e. The van der Waals surface area contributed by atoms with Crippen LogP contribution in [-0.4, -0.2) is 56.7 Å². The Bertz CT molecular complexity index is 983. The van der Waals surface area contributed by atoms with Gasteiger partial charge in [-0.15, -0.1) is 0 Å². The van der Waals surface area contributed by atoms with E-state index in [1.54, 1.807) is 29.2 Å². The van der Waals surface area contributed by atoms with Crippen LogP contribution in [0.1, 0.15) is 34.9 Å². The van der Waals surface area contributed by atoms with E-state index in [0.29, 0.717) is 18.7 Å². The van der Waals surface area contributed by atoms with E-state index in [2.05, 4.69) is 0 Å². The smallest absolute Gasteiger partial charge is 0.339 e. The number of esters is 1. The topological polar surface area (TPSA) is 84.0 Å². The highest BCUT2D eigenvalue weighted by Crippen LogP contribution is 2.25. The number of carbonyl (C=O) groups is 2. The molecule has 2 aromatic rings. The number of amides is 1. The number of rotatable bonds is 6. The van der Waals surface area contributed by atoms with Crippen molar-refractivity contribution in [1.29, 1.82) is 0 Å². The van der Waals surface area contributed by atoms with Crippen LogP contribution in [0.15, 0.2) is 59.5 Å². The number of nitrogens with zero attached hydrogens (tertiary/aromatic N) is 2. The van der Waals surface area contributed by atoms with Crippen LogP contribution < -0.4 is 0 Å². The number of benzene rings is 2. The molecule has 1 saturated heterocycles. The molecule has 154 valence electrons. The maximum Gasteiger partial charge on any atom is 0.339 e. The minimum Gasteiger partial charge on any atom is -0.444 e. The van der Waals surface area contributed by atoms with Gasteiger partial charge >= 0.3 is 5.97 Å². The number of likely N-dealkylation sites (tertiary alicyclic amines) is 1. The van der Waals surface area contributed by atoms with E-state index in [9.17, 15) is 18.0 Å². The summed E-state index contributed by atoms with van der Waals surface area (Å²) in [6, 6.07) is 14.5. The lowest BCUT2D eigenvalue weighted by atomic mass is 10.1. The maximum absolute atomic E-state index is 13.0. The van der Waals surface area contributed by atoms with Crippen LogP contribution in [-0.2, 0) is 19.6 Å². The van der Waals surface area contributed by atoms with E-state index >= 15 is 0 Å². The Balaban J connectivity index is 1.88. The summed E-state index contributed by atoms with van der Waals surface area (Å²) >= 11 is 0. The molecule has 7 nitrogen and oxygen atoms in total. The first kappa shape index (κ1) is 21.0. The van der Waals surface area contributed by atoms with Gasteiger partial charge in [0.1, 0.15) is 0 Å². The van der Waals surface area contributed by atoms with Gasteiger partial charge in [0.25, 0.3) is 5.91 Å². The van der Waals surface area contributed by atoms with Crippen LogP contribution in [0.2, 0.25) is 0 Å². The van der Waals surface area contributed by atoms with Crippen molar-refractivity contribution in [2.75, 3.05) is 27.2 Å². The molecule has 0 radical (unpaired) electrons.